The first kappa shape index (κ1) is 15.4. The number of aliphatic hydroxyl groups is 1. The summed E-state index contributed by atoms with van der Waals surface area (Å²) in [7, 11) is 0. The van der Waals surface area contributed by atoms with Gasteiger partial charge >= 0.3 is 0 Å². The second kappa shape index (κ2) is 5.77. The van der Waals surface area contributed by atoms with Crippen molar-refractivity contribution in [3.8, 4) is 5.75 Å². The Hall–Kier alpha value is -1.02. The Bertz CT molecular complexity index is 459. The highest BCUT2D eigenvalue weighted by Gasteiger charge is 2.22. The van der Waals surface area contributed by atoms with E-state index in [0.717, 1.165) is 30.6 Å². The van der Waals surface area contributed by atoms with Crippen LogP contribution in [0.3, 0.4) is 0 Å². The molecule has 3 atom stereocenters. The van der Waals surface area contributed by atoms with E-state index in [1.54, 1.807) is 0 Å². The first-order chi connectivity index (χ1) is 9.24. The third-order valence-electron chi connectivity index (χ3n) is 3.89. The number of hydrogen-bond acceptors (Lipinski definition) is 2. The minimum absolute atomic E-state index is 0.261. The normalized spacial score (nSPS) is 21.2. The van der Waals surface area contributed by atoms with Crippen LogP contribution in [0.25, 0.3) is 0 Å². The number of rotatable bonds is 4. The van der Waals surface area contributed by atoms with Gasteiger partial charge in [0.25, 0.3) is 0 Å². The molecule has 0 aliphatic carbocycles. The molecular formula is C18H28O2. The zero-order valence-corrected chi connectivity index (χ0v) is 13.4. The molecule has 2 nitrogen and oxygen atoms in total. The van der Waals surface area contributed by atoms with E-state index < -0.39 is 0 Å². The van der Waals surface area contributed by atoms with Crippen molar-refractivity contribution < 1.29 is 9.84 Å². The Morgan fingerprint density at radius 1 is 1.35 bits per heavy atom. The maximum atomic E-state index is 10.4. The average molecular weight is 276 g/mol. The number of hydrogen-bond donors (Lipinski definition) is 1. The van der Waals surface area contributed by atoms with Gasteiger partial charge in [-0.1, -0.05) is 33.8 Å². The van der Waals surface area contributed by atoms with Crippen molar-refractivity contribution in [1.82, 2.24) is 0 Å². The van der Waals surface area contributed by atoms with Gasteiger partial charge in [-0.25, -0.2) is 0 Å². The summed E-state index contributed by atoms with van der Waals surface area (Å²) < 4.78 is 5.71. The Morgan fingerprint density at radius 3 is 2.70 bits per heavy atom. The van der Waals surface area contributed by atoms with E-state index >= 15 is 0 Å². The van der Waals surface area contributed by atoms with Gasteiger partial charge in [0, 0.05) is 6.42 Å². The van der Waals surface area contributed by atoms with Crippen LogP contribution in [0.5, 0.6) is 5.75 Å². The van der Waals surface area contributed by atoms with E-state index in [0.29, 0.717) is 11.3 Å². The molecule has 0 fully saturated rings. The fraction of sp³-hybridized carbons (Fsp3) is 0.667. The summed E-state index contributed by atoms with van der Waals surface area (Å²) in [4.78, 5) is 0. The van der Waals surface area contributed by atoms with Crippen LogP contribution in [0.15, 0.2) is 18.2 Å². The minimum atomic E-state index is -0.367. The lowest BCUT2D eigenvalue weighted by atomic mass is 9.82. The summed E-state index contributed by atoms with van der Waals surface area (Å²) in [6.45, 7) is 11.1. The molecule has 1 heterocycles. The van der Waals surface area contributed by atoms with E-state index in [1.165, 1.54) is 5.56 Å². The van der Waals surface area contributed by atoms with Gasteiger partial charge < -0.3 is 9.84 Å². The van der Waals surface area contributed by atoms with Crippen LogP contribution in [0.4, 0.5) is 0 Å². The molecule has 0 aromatic heterocycles. The molecular weight excluding hydrogens is 248 g/mol. The van der Waals surface area contributed by atoms with Crippen LogP contribution in [0.1, 0.15) is 64.7 Å². The van der Waals surface area contributed by atoms with E-state index in [-0.39, 0.29) is 12.2 Å². The number of benzene rings is 1. The lowest BCUT2D eigenvalue weighted by Gasteiger charge is -2.25. The van der Waals surface area contributed by atoms with Crippen LogP contribution >= 0.6 is 0 Å². The Morgan fingerprint density at radius 2 is 2.05 bits per heavy atom. The van der Waals surface area contributed by atoms with Gasteiger partial charge in [0.2, 0.25) is 0 Å². The second-order valence-electron chi connectivity index (χ2n) is 7.62. The lowest BCUT2D eigenvalue weighted by Crippen LogP contribution is -2.13. The van der Waals surface area contributed by atoms with Crippen molar-refractivity contribution in [3.63, 3.8) is 0 Å². The minimum Gasteiger partial charge on any atom is -0.490 e. The van der Waals surface area contributed by atoms with Crippen LogP contribution in [0, 0.1) is 11.3 Å². The molecule has 0 amide bonds. The van der Waals surface area contributed by atoms with Gasteiger partial charge in [0.15, 0.2) is 0 Å². The highest BCUT2D eigenvalue weighted by molar-refractivity contribution is 5.41. The standard InChI is InChI=1S/C18H28O2/c1-12(11-18(3,4)5)8-16(19)14-6-7-17-15(10-14)9-13(2)20-17/h6-7,10,12-13,16,19H,8-9,11H2,1-5H3. The summed E-state index contributed by atoms with van der Waals surface area (Å²) in [6.07, 6.45) is 2.81. The van der Waals surface area contributed by atoms with Gasteiger partial charge in [-0.2, -0.15) is 0 Å². The van der Waals surface area contributed by atoms with E-state index in [1.807, 2.05) is 12.1 Å². The molecule has 0 spiro atoms. The molecule has 1 N–H and O–H groups in total. The summed E-state index contributed by atoms with van der Waals surface area (Å²) in [5.41, 5.74) is 2.58. The summed E-state index contributed by atoms with van der Waals surface area (Å²) in [6, 6.07) is 6.13. The zero-order chi connectivity index (χ0) is 14.9. The van der Waals surface area contributed by atoms with E-state index in [2.05, 4.69) is 40.7 Å². The van der Waals surface area contributed by atoms with Crippen LogP contribution in [-0.4, -0.2) is 11.2 Å². The average Bonchev–Trinajstić information content (AvgIpc) is 2.64. The molecule has 20 heavy (non-hydrogen) atoms. The number of aliphatic hydroxyl groups excluding tert-OH is 1. The van der Waals surface area contributed by atoms with Gasteiger partial charge in [0.05, 0.1) is 6.10 Å². The molecule has 1 aromatic carbocycles. The van der Waals surface area contributed by atoms with E-state index in [9.17, 15) is 5.11 Å². The van der Waals surface area contributed by atoms with Gasteiger partial charge in [0.1, 0.15) is 11.9 Å². The highest BCUT2D eigenvalue weighted by atomic mass is 16.5. The highest BCUT2D eigenvalue weighted by Crippen LogP contribution is 2.34. The maximum absolute atomic E-state index is 10.4. The first-order valence-corrected chi connectivity index (χ1v) is 7.72. The molecule has 0 radical (unpaired) electrons. The Kier molecular flexibility index (Phi) is 4.43. The number of ether oxygens (including phenoxy) is 1. The van der Waals surface area contributed by atoms with E-state index in [4.69, 9.17) is 4.74 Å². The Labute approximate surface area is 123 Å². The smallest absolute Gasteiger partial charge is 0.123 e. The first-order valence-electron chi connectivity index (χ1n) is 7.72. The lowest BCUT2D eigenvalue weighted by molar-refractivity contribution is 0.134. The Balaban J connectivity index is 2.00. The molecule has 0 saturated carbocycles. The maximum Gasteiger partial charge on any atom is 0.123 e. The van der Waals surface area contributed by atoms with Crippen molar-refractivity contribution in [1.29, 1.82) is 0 Å². The molecule has 1 aliphatic heterocycles. The van der Waals surface area contributed by atoms with Crippen molar-refractivity contribution in [2.75, 3.05) is 0 Å². The summed E-state index contributed by atoms with van der Waals surface area (Å²) >= 11 is 0. The van der Waals surface area contributed by atoms with Crippen LogP contribution in [-0.2, 0) is 6.42 Å². The fourth-order valence-corrected chi connectivity index (χ4v) is 3.30. The van der Waals surface area contributed by atoms with Gasteiger partial charge in [-0.15, -0.1) is 0 Å². The third kappa shape index (κ3) is 3.99. The fourth-order valence-electron chi connectivity index (χ4n) is 3.30. The predicted octanol–water partition coefficient (Wildman–Crippen LogP) is 4.51. The second-order valence-corrected chi connectivity index (χ2v) is 7.62. The molecule has 1 aliphatic rings. The largest absolute Gasteiger partial charge is 0.490 e. The number of fused-ring (bicyclic) bond motifs is 1. The molecule has 112 valence electrons. The third-order valence-corrected chi connectivity index (χ3v) is 3.89. The van der Waals surface area contributed by atoms with Crippen molar-refractivity contribution in [2.24, 2.45) is 11.3 Å². The predicted molar refractivity (Wildman–Crippen MR) is 83.0 cm³/mol. The van der Waals surface area contributed by atoms with Crippen LogP contribution < -0.4 is 4.74 Å². The molecule has 2 rings (SSSR count). The molecule has 0 bridgehead atoms. The summed E-state index contributed by atoms with van der Waals surface area (Å²) in [5.74, 6) is 1.50. The van der Waals surface area contributed by atoms with Crippen molar-refractivity contribution >= 4 is 0 Å². The topological polar surface area (TPSA) is 29.5 Å². The monoisotopic (exact) mass is 276 g/mol. The molecule has 2 heteroatoms. The molecule has 0 saturated heterocycles. The summed E-state index contributed by atoms with van der Waals surface area (Å²) in [5, 5.41) is 10.4. The van der Waals surface area contributed by atoms with Gasteiger partial charge in [-0.05, 0) is 54.4 Å². The van der Waals surface area contributed by atoms with Gasteiger partial charge in [-0.3, -0.25) is 0 Å². The van der Waals surface area contributed by atoms with Crippen molar-refractivity contribution in [3.05, 3.63) is 29.3 Å². The SMILES string of the molecule is CC(CC(O)c1ccc2c(c1)CC(C)O2)CC(C)(C)C. The quantitative estimate of drug-likeness (QED) is 0.877. The molecule has 1 aromatic rings. The van der Waals surface area contributed by atoms with Crippen molar-refractivity contribution in [2.45, 2.75) is 66.1 Å². The molecule has 3 unspecified atom stereocenters. The zero-order valence-electron chi connectivity index (χ0n) is 13.4. The van der Waals surface area contributed by atoms with Crippen LogP contribution in [0.2, 0.25) is 0 Å².